The molecule has 2 saturated heterocycles. The minimum absolute atomic E-state index is 0.308. The number of nitrogens with one attached hydrogen (secondary N) is 1. The fraction of sp³-hybridized carbons (Fsp3) is 0.941. The number of likely N-dealkylation sites (N-methyl/N-ethyl adjacent to an activating group) is 1. The highest BCUT2D eigenvalue weighted by molar-refractivity contribution is 5.76. The lowest BCUT2D eigenvalue weighted by atomic mass is 9.72. The van der Waals surface area contributed by atoms with E-state index in [0.29, 0.717) is 30.5 Å². The van der Waals surface area contributed by atoms with Crippen LogP contribution in [0.2, 0.25) is 0 Å². The van der Waals surface area contributed by atoms with Crippen LogP contribution in [0, 0.1) is 11.8 Å². The molecule has 0 aromatic rings. The molecule has 0 radical (unpaired) electrons. The van der Waals surface area contributed by atoms with Crippen molar-refractivity contribution in [2.24, 2.45) is 11.8 Å². The van der Waals surface area contributed by atoms with E-state index in [-0.39, 0.29) is 0 Å². The molecule has 1 N–H and O–H groups in total. The second kappa shape index (κ2) is 6.25. The van der Waals surface area contributed by atoms with Crippen molar-refractivity contribution in [2.45, 2.75) is 64.1 Å². The Bertz CT molecular complexity index is 370. The Labute approximate surface area is 129 Å². The highest BCUT2D eigenvalue weighted by Crippen LogP contribution is 2.36. The summed E-state index contributed by atoms with van der Waals surface area (Å²) in [5, 5.41) is 3.95. The van der Waals surface area contributed by atoms with Gasteiger partial charge in [0.2, 0.25) is 5.91 Å². The third-order valence-electron chi connectivity index (χ3n) is 5.89. The van der Waals surface area contributed by atoms with Crippen LogP contribution >= 0.6 is 0 Å². The summed E-state index contributed by atoms with van der Waals surface area (Å²) >= 11 is 0. The van der Waals surface area contributed by atoms with E-state index in [1.54, 1.807) is 0 Å². The SMILES string of the molecule is CC(C)N1CC2CCCC(C1)C2NC1CCC(=O)N(C)C1. The van der Waals surface area contributed by atoms with Gasteiger partial charge in [0.1, 0.15) is 0 Å². The number of likely N-dealkylation sites (tertiary alicyclic amines) is 2. The lowest BCUT2D eigenvalue weighted by molar-refractivity contribution is -0.132. The predicted octanol–water partition coefficient (Wildman–Crippen LogP) is 1.71. The maximum Gasteiger partial charge on any atom is 0.222 e. The third-order valence-corrected chi connectivity index (χ3v) is 5.89. The Hall–Kier alpha value is -0.610. The second-order valence-corrected chi connectivity index (χ2v) is 7.70. The van der Waals surface area contributed by atoms with Crippen molar-refractivity contribution in [1.82, 2.24) is 15.1 Å². The van der Waals surface area contributed by atoms with Crippen LogP contribution in [0.1, 0.15) is 46.0 Å². The number of rotatable bonds is 3. The number of amides is 1. The maximum absolute atomic E-state index is 11.6. The Morgan fingerprint density at radius 2 is 1.76 bits per heavy atom. The molecular formula is C17H31N3O. The molecule has 120 valence electrons. The van der Waals surface area contributed by atoms with Gasteiger partial charge in [-0.25, -0.2) is 0 Å². The summed E-state index contributed by atoms with van der Waals surface area (Å²) in [4.78, 5) is 16.2. The number of hydrogen-bond acceptors (Lipinski definition) is 3. The standard InChI is InChI=1S/C17H31N3O/c1-12(2)20-9-13-5-4-6-14(10-20)17(13)18-15-7-8-16(21)19(3)11-15/h12-15,17-18H,4-11H2,1-3H3. The van der Waals surface area contributed by atoms with E-state index in [9.17, 15) is 4.79 Å². The van der Waals surface area contributed by atoms with Gasteiger partial charge in [0.25, 0.3) is 0 Å². The molecule has 1 amide bonds. The molecule has 2 bridgehead atoms. The van der Waals surface area contributed by atoms with Crippen molar-refractivity contribution >= 4 is 5.91 Å². The molecule has 2 heterocycles. The zero-order chi connectivity index (χ0) is 15.0. The zero-order valence-electron chi connectivity index (χ0n) is 13.8. The molecule has 0 aromatic carbocycles. The van der Waals surface area contributed by atoms with Crippen molar-refractivity contribution in [3.63, 3.8) is 0 Å². The number of piperidine rings is 2. The van der Waals surface area contributed by atoms with Crippen molar-refractivity contribution in [2.75, 3.05) is 26.7 Å². The van der Waals surface area contributed by atoms with Crippen molar-refractivity contribution in [3.8, 4) is 0 Å². The van der Waals surface area contributed by atoms with Gasteiger partial charge in [-0.05, 0) is 44.9 Å². The van der Waals surface area contributed by atoms with Gasteiger partial charge in [-0.1, -0.05) is 6.42 Å². The lowest BCUT2D eigenvalue weighted by Crippen LogP contribution is -2.61. The van der Waals surface area contributed by atoms with Crippen LogP contribution in [-0.2, 0) is 4.79 Å². The van der Waals surface area contributed by atoms with Crippen molar-refractivity contribution in [1.29, 1.82) is 0 Å². The molecule has 3 rings (SSSR count). The maximum atomic E-state index is 11.6. The molecule has 4 heteroatoms. The Morgan fingerprint density at radius 1 is 1.10 bits per heavy atom. The number of carbonyl (C=O) groups excluding carboxylic acids is 1. The molecular weight excluding hydrogens is 262 g/mol. The largest absolute Gasteiger partial charge is 0.344 e. The van der Waals surface area contributed by atoms with E-state index < -0.39 is 0 Å². The molecule has 3 atom stereocenters. The summed E-state index contributed by atoms with van der Waals surface area (Å²) in [5.74, 6) is 1.92. The van der Waals surface area contributed by atoms with E-state index >= 15 is 0 Å². The molecule has 3 fully saturated rings. The van der Waals surface area contributed by atoms with Gasteiger partial charge >= 0.3 is 0 Å². The number of hydrogen-bond donors (Lipinski definition) is 1. The summed E-state index contributed by atoms with van der Waals surface area (Å²) in [6, 6.07) is 1.86. The molecule has 21 heavy (non-hydrogen) atoms. The first-order valence-electron chi connectivity index (χ1n) is 8.78. The molecule has 3 aliphatic rings. The first kappa shape index (κ1) is 15.3. The topological polar surface area (TPSA) is 35.6 Å². The zero-order valence-corrected chi connectivity index (χ0v) is 13.8. The van der Waals surface area contributed by atoms with Gasteiger partial charge in [0.05, 0.1) is 0 Å². The van der Waals surface area contributed by atoms with Crippen LogP contribution < -0.4 is 5.32 Å². The molecule has 0 aromatic heterocycles. The number of nitrogens with zero attached hydrogens (tertiary/aromatic N) is 2. The van der Waals surface area contributed by atoms with E-state index in [1.807, 2.05) is 11.9 Å². The fourth-order valence-electron chi connectivity index (χ4n) is 4.59. The minimum atomic E-state index is 0.308. The summed E-state index contributed by atoms with van der Waals surface area (Å²) < 4.78 is 0. The van der Waals surface area contributed by atoms with Crippen LogP contribution in [0.15, 0.2) is 0 Å². The molecule has 4 nitrogen and oxygen atoms in total. The highest BCUT2D eigenvalue weighted by Gasteiger charge is 2.41. The average Bonchev–Trinajstić information content (AvgIpc) is 2.42. The van der Waals surface area contributed by atoms with Crippen molar-refractivity contribution < 1.29 is 4.79 Å². The van der Waals surface area contributed by atoms with Crippen LogP contribution in [-0.4, -0.2) is 60.5 Å². The van der Waals surface area contributed by atoms with Gasteiger partial charge in [0.15, 0.2) is 0 Å². The monoisotopic (exact) mass is 293 g/mol. The summed E-state index contributed by atoms with van der Waals surface area (Å²) in [5.41, 5.74) is 0. The normalized spacial score (nSPS) is 38.1. The van der Waals surface area contributed by atoms with Crippen LogP contribution in [0.25, 0.3) is 0 Å². The summed E-state index contributed by atoms with van der Waals surface area (Å²) in [6.45, 7) is 8.06. The van der Waals surface area contributed by atoms with E-state index in [2.05, 4.69) is 24.1 Å². The second-order valence-electron chi connectivity index (χ2n) is 7.70. The third kappa shape index (κ3) is 3.26. The summed E-state index contributed by atoms with van der Waals surface area (Å²) in [6.07, 6.45) is 5.89. The van der Waals surface area contributed by atoms with E-state index in [0.717, 1.165) is 24.8 Å². The molecule has 3 unspecified atom stereocenters. The Balaban J connectivity index is 1.62. The van der Waals surface area contributed by atoms with E-state index in [4.69, 9.17) is 0 Å². The molecule has 1 aliphatic carbocycles. The Kier molecular flexibility index (Phi) is 4.55. The van der Waals surface area contributed by atoms with Gasteiger partial charge in [-0.2, -0.15) is 0 Å². The first-order chi connectivity index (χ1) is 10.0. The first-order valence-corrected chi connectivity index (χ1v) is 8.78. The van der Waals surface area contributed by atoms with Crippen LogP contribution in [0.5, 0.6) is 0 Å². The quantitative estimate of drug-likeness (QED) is 0.860. The smallest absolute Gasteiger partial charge is 0.222 e. The average molecular weight is 293 g/mol. The van der Waals surface area contributed by atoms with Gasteiger partial charge in [-0.3, -0.25) is 4.79 Å². The lowest BCUT2D eigenvalue weighted by Gasteiger charge is -2.50. The van der Waals surface area contributed by atoms with E-state index in [1.165, 1.54) is 32.4 Å². The highest BCUT2D eigenvalue weighted by atomic mass is 16.2. The van der Waals surface area contributed by atoms with Crippen LogP contribution in [0.3, 0.4) is 0 Å². The van der Waals surface area contributed by atoms with Crippen LogP contribution in [0.4, 0.5) is 0 Å². The van der Waals surface area contributed by atoms with Gasteiger partial charge in [0, 0.05) is 51.2 Å². The molecule has 0 spiro atoms. The minimum Gasteiger partial charge on any atom is -0.344 e. The molecule has 2 aliphatic heterocycles. The van der Waals surface area contributed by atoms with Gasteiger partial charge in [-0.15, -0.1) is 0 Å². The van der Waals surface area contributed by atoms with Crippen molar-refractivity contribution in [3.05, 3.63) is 0 Å². The van der Waals surface area contributed by atoms with Gasteiger partial charge < -0.3 is 15.1 Å². The summed E-state index contributed by atoms with van der Waals surface area (Å²) in [7, 11) is 1.94. The number of fused-ring (bicyclic) bond motifs is 2. The number of carbonyl (C=O) groups is 1. The predicted molar refractivity (Wildman–Crippen MR) is 85.1 cm³/mol. The molecule has 1 saturated carbocycles. The fourth-order valence-corrected chi connectivity index (χ4v) is 4.59. The Morgan fingerprint density at radius 3 is 2.33 bits per heavy atom.